The minimum Gasteiger partial charge on any atom is -0.459 e. The summed E-state index contributed by atoms with van der Waals surface area (Å²) in [4.78, 5) is 12.6. The number of para-hydroxylation sites is 1. The van der Waals surface area contributed by atoms with Gasteiger partial charge in [0.2, 0.25) is 0 Å². The first-order valence-electron chi connectivity index (χ1n) is 9.17. The summed E-state index contributed by atoms with van der Waals surface area (Å²) in [6.45, 7) is 3.45. The molecule has 1 atom stereocenters. The van der Waals surface area contributed by atoms with Gasteiger partial charge in [0.25, 0.3) is 15.9 Å². The van der Waals surface area contributed by atoms with Crippen LogP contribution in [0.3, 0.4) is 0 Å². The third-order valence-corrected chi connectivity index (χ3v) is 5.84. The molecular formula is C21H19N3O5S. The number of rotatable bonds is 6. The maximum absolute atomic E-state index is 12.7. The van der Waals surface area contributed by atoms with E-state index in [0.717, 1.165) is 11.0 Å². The zero-order chi connectivity index (χ0) is 21.3. The summed E-state index contributed by atoms with van der Waals surface area (Å²) in [5, 5.41) is 7.39. The predicted octanol–water partition coefficient (Wildman–Crippen LogP) is 4.02. The lowest BCUT2D eigenvalue weighted by atomic mass is 10.1. The smallest absolute Gasteiger partial charge is 0.263 e. The average molecular weight is 425 g/mol. The fourth-order valence-corrected chi connectivity index (χ4v) is 4.01. The van der Waals surface area contributed by atoms with Gasteiger partial charge in [0, 0.05) is 17.0 Å². The van der Waals surface area contributed by atoms with Crippen molar-refractivity contribution in [1.82, 2.24) is 10.5 Å². The van der Waals surface area contributed by atoms with E-state index in [-0.39, 0.29) is 16.3 Å². The van der Waals surface area contributed by atoms with E-state index < -0.39 is 22.0 Å². The van der Waals surface area contributed by atoms with Gasteiger partial charge in [-0.3, -0.25) is 9.52 Å². The zero-order valence-electron chi connectivity index (χ0n) is 16.2. The van der Waals surface area contributed by atoms with Crippen molar-refractivity contribution in [2.45, 2.75) is 24.8 Å². The summed E-state index contributed by atoms with van der Waals surface area (Å²) in [5.74, 6) is 0.731. The average Bonchev–Trinajstić information content (AvgIpc) is 3.33. The second-order valence-corrected chi connectivity index (χ2v) is 8.52. The predicted molar refractivity (Wildman–Crippen MR) is 111 cm³/mol. The zero-order valence-corrected chi connectivity index (χ0v) is 17.1. The molecule has 0 fully saturated rings. The number of furan rings is 1. The number of hydrogen-bond donors (Lipinski definition) is 2. The van der Waals surface area contributed by atoms with Gasteiger partial charge in [0.15, 0.2) is 5.82 Å². The second-order valence-electron chi connectivity index (χ2n) is 6.84. The number of benzene rings is 2. The molecule has 0 saturated heterocycles. The fourth-order valence-electron chi connectivity index (χ4n) is 2.98. The Labute approximate surface area is 172 Å². The van der Waals surface area contributed by atoms with Crippen LogP contribution >= 0.6 is 0 Å². The molecule has 0 saturated carbocycles. The number of sulfonamides is 1. The third-order valence-electron chi connectivity index (χ3n) is 4.49. The van der Waals surface area contributed by atoms with Crippen LogP contribution in [-0.4, -0.2) is 19.5 Å². The van der Waals surface area contributed by atoms with Gasteiger partial charge in [0.1, 0.15) is 17.1 Å². The standard InChI is InChI=1S/C21H19N3O5S/c1-13-10-20(23-29-13)24-30(26,27)17-8-5-7-16(11-17)21(25)22-14(2)19-12-15-6-3-4-9-18(15)28-19/h3-12,14H,1-2H3,(H,22,25)(H,23,24)/t14-/m0/s1. The molecule has 2 heterocycles. The van der Waals surface area contributed by atoms with E-state index in [2.05, 4.69) is 15.2 Å². The minimum absolute atomic E-state index is 0.0628. The lowest BCUT2D eigenvalue weighted by Gasteiger charge is -2.12. The molecule has 30 heavy (non-hydrogen) atoms. The number of amides is 1. The van der Waals surface area contributed by atoms with Crippen LogP contribution in [0.4, 0.5) is 5.82 Å². The summed E-state index contributed by atoms with van der Waals surface area (Å²) >= 11 is 0. The summed E-state index contributed by atoms with van der Waals surface area (Å²) < 4.78 is 38.1. The molecule has 4 aromatic rings. The molecule has 2 aromatic carbocycles. The lowest BCUT2D eigenvalue weighted by molar-refractivity contribution is 0.0935. The van der Waals surface area contributed by atoms with Crippen molar-refractivity contribution in [3.05, 3.63) is 77.7 Å². The molecule has 2 aromatic heterocycles. The van der Waals surface area contributed by atoms with Crippen molar-refractivity contribution >= 4 is 32.7 Å². The van der Waals surface area contributed by atoms with Crippen molar-refractivity contribution < 1.29 is 22.2 Å². The summed E-state index contributed by atoms with van der Waals surface area (Å²) in [7, 11) is -3.92. The Kier molecular flexibility index (Phi) is 5.04. The highest BCUT2D eigenvalue weighted by molar-refractivity contribution is 7.92. The normalized spacial score (nSPS) is 12.6. The number of aromatic nitrogens is 1. The Hall–Kier alpha value is -3.59. The SMILES string of the molecule is Cc1cc(NS(=O)(=O)c2cccc(C(=O)N[C@@H](C)c3cc4ccccc4o3)c2)no1. The van der Waals surface area contributed by atoms with Crippen LogP contribution in [0.1, 0.15) is 34.8 Å². The van der Waals surface area contributed by atoms with Crippen LogP contribution < -0.4 is 10.0 Å². The topological polar surface area (TPSA) is 114 Å². The Morgan fingerprint density at radius 1 is 1.07 bits per heavy atom. The molecule has 0 aliphatic heterocycles. The molecule has 2 N–H and O–H groups in total. The van der Waals surface area contributed by atoms with Crippen LogP contribution in [-0.2, 0) is 10.0 Å². The van der Waals surface area contributed by atoms with E-state index in [0.29, 0.717) is 11.5 Å². The van der Waals surface area contributed by atoms with E-state index in [1.54, 1.807) is 19.9 Å². The molecule has 0 bridgehead atoms. The first kappa shape index (κ1) is 19.7. The van der Waals surface area contributed by atoms with Crippen molar-refractivity contribution in [3.63, 3.8) is 0 Å². The highest BCUT2D eigenvalue weighted by Crippen LogP contribution is 2.24. The molecule has 0 aliphatic rings. The van der Waals surface area contributed by atoms with Crippen molar-refractivity contribution in [1.29, 1.82) is 0 Å². The van der Waals surface area contributed by atoms with E-state index >= 15 is 0 Å². The van der Waals surface area contributed by atoms with Gasteiger partial charge in [-0.2, -0.15) is 0 Å². The molecule has 4 rings (SSSR count). The molecule has 0 spiro atoms. The van der Waals surface area contributed by atoms with Gasteiger partial charge in [-0.05, 0) is 44.2 Å². The molecule has 9 heteroatoms. The Morgan fingerprint density at radius 3 is 2.60 bits per heavy atom. The number of fused-ring (bicyclic) bond motifs is 1. The van der Waals surface area contributed by atoms with E-state index in [9.17, 15) is 13.2 Å². The van der Waals surface area contributed by atoms with E-state index in [1.165, 1.54) is 24.3 Å². The lowest BCUT2D eigenvalue weighted by Crippen LogP contribution is -2.26. The second kappa shape index (κ2) is 7.68. The highest BCUT2D eigenvalue weighted by atomic mass is 32.2. The molecule has 154 valence electrons. The van der Waals surface area contributed by atoms with Gasteiger partial charge < -0.3 is 14.3 Å². The summed E-state index contributed by atoms with van der Waals surface area (Å²) in [6, 6.07) is 16.2. The number of nitrogens with zero attached hydrogens (tertiary/aromatic N) is 1. The number of anilines is 1. The maximum Gasteiger partial charge on any atom is 0.263 e. The van der Waals surface area contributed by atoms with Crippen LogP contribution in [0, 0.1) is 6.92 Å². The number of nitrogens with one attached hydrogen (secondary N) is 2. The fraction of sp³-hybridized carbons (Fsp3) is 0.143. The summed E-state index contributed by atoms with van der Waals surface area (Å²) in [6.07, 6.45) is 0. The molecule has 0 radical (unpaired) electrons. The third kappa shape index (κ3) is 4.06. The first-order valence-corrected chi connectivity index (χ1v) is 10.7. The quantitative estimate of drug-likeness (QED) is 0.482. The first-order chi connectivity index (χ1) is 14.3. The van der Waals surface area contributed by atoms with E-state index in [4.69, 9.17) is 8.94 Å². The Morgan fingerprint density at radius 2 is 1.87 bits per heavy atom. The Bertz CT molecular complexity index is 1290. The number of hydrogen-bond acceptors (Lipinski definition) is 6. The van der Waals surface area contributed by atoms with Gasteiger partial charge in [-0.25, -0.2) is 8.42 Å². The molecular weight excluding hydrogens is 406 g/mol. The van der Waals surface area contributed by atoms with Crippen LogP contribution in [0.25, 0.3) is 11.0 Å². The highest BCUT2D eigenvalue weighted by Gasteiger charge is 2.20. The number of aryl methyl sites for hydroxylation is 1. The molecule has 0 unspecified atom stereocenters. The van der Waals surface area contributed by atoms with Crippen molar-refractivity contribution in [2.75, 3.05) is 4.72 Å². The Balaban J connectivity index is 1.51. The minimum atomic E-state index is -3.92. The molecule has 8 nitrogen and oxygen atoms in total. The molecule has 0 aliphatic carbocycles. The monoisotopic (exact) mass is 425 g/mol. The number of carbonyl (C=O) groups excluding carboxylic acids is 1. The van der Waals surface area contributed by atoms with Crippen molar-refractivity contribution in [3.8, 4) is 0 Å². The van der Waals surface area contributed by atoms with Gasteiger partial charge >= 0.3 is 0 Å². The summed E-state index contributed by atoms with van der Waals surface area (Å²) in [5.41, 5.74) is 0.938. The van der Waals surface area contributed by atoms with Crippen LogP contribution in [0.15, 0.2) is 74.5 Å². The van der Waals surface area contributed by atoms with Gasteiger partial charge in [-0.15, -0.1) is 0 Å². The number of carbonyl (C=O) groups is 1. The van der Waals surface area contributed by atoms with Gasteiger partial charge in [-0.1, -0.05) is 29.4 Å². The maximum atomic E-state index is 12.7. The van der Waals surface area contributed by atoms with Crippen LogP contribution in [0.5, 0.6) is 0 Å². The molecule has 1 amide bonds. The van der Waals surface area contributed by atoms with Gasteiger partial charge in [0.05, 0.1) is 10.9 Å². The van der Waals surface area contributed by atoms with E-state index in [1.807, 2.05) is 30.3 Å². The van der Waals surface area contributed by atoms with Crippen molar-refractivity contribution in [2.24, 2.45) is 0 Å². The largest absolute Gasteiger partial charge is 0.459 e. The van der Waals surface area contributed by atoms with Crippen LogP contribution in [0.2, 0.25) is 0 Å².